The molecule has 0 aromatic heterocycles. The van der Waals surface area contributed by atoms with Gasteiger partial charge in [0, 0.05) is 25.5 Å². The van der Waals surface area contributed by atoms with Gasteiger partial charge in [-0.2, -0.15) is 0 Å². The average Bonchev–Trinajstić information content (AvgIpc) is 2.04. The van der Waals surface area contributed by atoms with Crippen LogP contribution in [0.2, 0.25) is 0 Å². The van der Waals surface area contributed by atoms with Gasteiger partial charge in [0.2, 0.25) is 0 Å². The Balaban J connectivity index is 3.24. The van der Waals surface area contributed by atoms with Gasteiger partial charge in [0.15, 0.2) is 0 Å². The highest BCUT2D eigenvalue weighted by Gasteiger charge is 1.93. The van der Waals surface area contributed by atoms with E-state index in [1.807, 2.05) is 0 Å². The second kappa shape index (κ2) is 7.55. The van der Waals surface area contributed by atoms with E-state index >= 15 is 0 Å². The second-order valence-corrected chi connectivity index (χ2v) is 2.33. The van der Waals surface area contributed by atoms with Gasteiger partial charge in [-0.15, -0.1) is 11.8 Å². The van der Waals surface area contributed by atoms with E-state index < -0.39 is 0 Å². The molecule has 0 aromatic carbocycles. The summed E-state index contributed by atoms with van der Waals surface area (Å²) in [4.78, 5) is 0. The fourth-order valence-corrected chi connectivity index (χ4v) is 0.524. The zero-order chi connectivity index (χ0) is 8.53. The summed E-state index contributed by atoms with van der Waals surface area (Å²) in [5, 5.41) is 16.9. The number of nitrogens with two attached hydrogens (primary N) is 1. The number of hydrogen-bond donors (Lipinski definition) is 3. The highest BCUT2D eigenvalue weighted by molar-refractivity contribution is 5.00. The van der Waals surface area contributed by atoms with E-state index in [0.29, 0.717) is 19.3 Å². The lowest BCUT2D eigenvalue weighted by Crippen LogP contribution is -2.23. The minimum atomic E-state index is -0.225. The van der Waals surface area contributed by atoms with E-state index in [1.165, 1.54) is 0 Å². The molecule has 0 aliphatic rings. The first-order valence-electron chi connectivity index (χ1n) is 3.74. The Morgan fingerprint density at radius 1 is 1.27 bits per heavy atom. The molecule has 3 nitrogen and oxygen atoms in total. The van der Waals surface area contributed by atoms with Gasteiger partial charge in [-0.25, -0.2) is 0 Å². The molecule has 3 heteroatoms. The maximum atomic E-state index is 8.50. The fourth-order valence-electron chi connectivity index (χ4n) is 0.524. The van der Waals surface area contributed by atoms with Crippen molar-refractivity contribution in [2.75, 3.05) is 13.2 Å². The molecule has 0 radical (unpaired) electrons. The molecule has 0 spiro atoms. The number of aliphatic hydroxyl groups excluding tert-OH is 2. The molecule has 1 atom stereocenters. The minimum absolute atomic E-state index is 0.0192. The number of rotatable bonds is 4. The van der Waals surface area contributed by atoms with Crippen LogP contribution < -0.4 is 5.73 Å². The normalized spacial score (nSPS) is 11.9. The molecule has 0 aliphatic carbocycles. The van der Waals surface area contributed by atoms with Crippen LogP contribution in [0.1, 0.15) is 19.3 Å². The molecule has 0 rings (SSSR count). The van der Waals surface area contributed by atoms with E-state index in [9.17, 15) is 0 Å². The Morgan fingerprint density at radius 3 is 2.55 bits per heavy atom. The van der Waals surface area contributed by atoms with Crippen molar-refractivity contribution in [2.24, 2.45) is 5.73 Å². The van der Waals surface area contributed by atoms with Crippen molar-refractivity contribution in [3.8, 4) is 11.8 Å². The van der Waals surface area contributed by atoms with Gasteiger partial charge in [-0.1, -0.05) is 0 Å². The summed E-state index contributed by atoms with van der Waals surface area (Å²) in [6.45, 7) is 0.162. The summed E-state index contributed by atoms with van der Waals surface area (Å²) in [6.07, 6.45) is 1.94. The summed E-state index contributed by atoms with van der Waals surface area (Å²) in [7, 11) is 0. The molecule has 0 saturated heterocycles. The van der Waals surface area contributed by atoms with E-state index in [2.05, 4.69) is 11.8 Å². The molecule has 0 fully saturated rings. The first-order valence-corrected chi connectivity index (χ1v) is 3.74. The molecule has 64 valence electrons. The third-order valence-corrected chi connectivity index (χ3v) is 1.18. The summed E-state index contributed by atoms with van der Waals surface area (Å²) in [6, 6.07) is -0.225. The fraction of sp³-hybridized carbons (Fsp3) is 0.750. The quantitative estimate of drug-likeness (QED) is 0.380. The Morgan fingerprint density at radius 2 is 2.00 bits per heavy atom. The van der Waals surface area contributed by atoms with Crippen LogP contribution in [-0.4, -0.2) is 29.5 Å². The first-order chi connectivity index (χ1) is 5.31. The smallest absolute Gasteiger partial charge is 0.0591 e. The van der Waals surface area contributed by atoms with Gasteiger partial charge in [-0.05, 0) is 6.42 Å². The molecule has 0 saturated carbocycles. The summed E-state index contributed by atoms with van der Waals surface area (Å²) < 4.78 is 0. The molecule has 0 aliphatic heterocycles. The molecule has 11 heavy (non-hydrogen) atoms. The molecule has 4 N–H and O–H groups in total. The maximum absolute atomic E-state index is 8.50. The van der Waals surface area contributed by atoms with Crippen LogP contribution in [0, 0.1) is 11.8 Å². The monoisotopic (exact) mass is 157 g/mol. The minimum Gasteiger partial charge on any atom is -0.396 e. The van der Waals surface area contributed by atoms with Crippen LogP contribution in [0.5, 0.6) is 0 Å². The van der Waals surface area contributed by atoms with E-state index in [1.54, 1.807) is 0 Å². The zero-order valence-corrected chi connectivity index (χ0v) is 6.58. The van der Waals surface area contributed by atoms with E-state index in [4.69, 9.17) is 15.9 Å². The summed E-state index contributed by atoms with van der Waals surface area (Å²) in [5.74, 6) is 5.68. The molecule has 0 amide bonds. The maximum Gasteiger partial charge on any atom is 0.0591 e. The summed E-state index contributed by atoms with van der Waals surface area (Å²) >= 11 is 0. The highest BCUT2D eigenvalue weighted by atomic mass is 16.3. The van der Waals surface area contributed by atoms with Crippen molar-refractivity contribution < 1.29 is 10.2 Å². The highest BCUT2D eigenvalue weighted by Crippen LogP contribution is 1.86. The molecular formula is C8H15NO2. The van der Waals surface area contributed by atoms with Gasteiger partial charge in [-0.3, -0.25) is 0 Å². The number of unbranched alkanes of at least 4 members (excludes halogenated alkanes) is 1. The molecule has 0 aromatic rings. The summed E-state index contributed by atoms with van der Waals surface area (Å²) in [5.41, 5.74) is 5.39. The Bertz CT molecular complexity index is 137. The lowest BCUT2D eigenvalue weighted by molar-refractivity contribution is 0.267. The average molecular weight is 157 g/mol. The van der Waals surface area contributed by atoms with Crippen LogP contribution in [0.3, 0.4) is 0 Å². The Kier molecular flexibility index (Phi) is 7.16. The van der Waals surface area contributed by atoms with Gasteiger partial charge >= 0.3 is 0 Å². The van der Waals surface area contributed by atoms with Crippen molar-refractivity contribution in [3.05, 3.63) is 0 Å². The third kappa shape index (κ3) is 7.34. The standard InChI is InChI=1S/C8H15NO2/c9-8(7-11)5-3-1-2-4-6-10/h8,10-11H,2,4-7,9H2. The Hall–Kier alpha value is -0.560. The van der Waals surface area contributed by atoms with Gasteiger partial charge in [0.05, 0.1) is 6.61 Å². The third-order valence-electron chi connectivity index (χ3n) is 1.18. The van der Waals surface area contributed by atoms with Crippen LogP contribution >= 0.6 is 0 Å². The largest absolute Gasteiger partial charge is 0.396 e. The topological polar surface area (TPSA) is 66.5 Å². The van der Waals surface area contributed by atoms with Crippen molar-refractivity contribution in [3.63, 3.8) is 0 Å². The van der Waals surface area contributed by atoms with Crippen molar-refractivity contribution in [1.29, 1.82) is 0 Å². The molecule has 1 unspecified atom stereocenters. The van der Waals surface area contributed by atoms with Gasteiger partial charge < -0.3 is 15.9 Å². The van der Waals surface area contributed by atoms with Crippen LogP contribution in [0.15, 0.2) is 0 Å². The van der Waals surface area contributed by atoms with Gasteiger partial charge in [0.25, 0.3) is 0 Å². The number of hydrogen-bond acceptors (Lipinski definition) is 3. The van der Waals surface area contributed by atoms with Crippen LogP contribution in [-0.2, 0) is 0 Å². The molecule has 0 heterocycles. The van der Waals surface area contributed by atoms with Crippen molar-refractivity contribution in [1.82, 2.24) is 0 Å². The first kappa shape index (κ1) is 10.4. The van der Waals surface area contributed by atoms with E-state index in [-0.39, 0.29) is 19.3 Å². The second-order valence-electron chi connectivity index (χ2n) is 2.33. The lowest BCUT2D eigenvalue weighted by atomic mass is 10.2. The molecule has 0 bridgehead atoms. The Labute approximate surface area is 67.2 Å². The predicted octanol–water partition coefficient (Wildman–Crippen LogP) is -0.528. The van der Waals surface area contributed by atoms with Crippen molar-refractivity contribution in [2.45, 2.75) is 25.3 Å². The van der Waals surface area contributed by atoms with Crippen LogP contribution in [0.25, 0.3) is 0 Å². The van der Waals surface area contributed by atoms with Crippen molar-refractivity contribution >= 4 is 0 Å². The predicted molar refractivity (Wildman–Crippen MR) is 43.8 cm³/mol. The zero-order valence-electron chi connectivity index (χ0n) is 6.58. The lowest BCUT2D eigenvalue weighted by Gasteiger charge is -1.99. The number of aliphatic hydroxyl groups is 2. The van der Waals surface area contributed by atoms with Gasteiger partial charge in [0.1, 0.15) is 0 Å². The van der Waals surface area contributed by atoms with E-state index in [0.717, 1.165) is 0 Å². The van der Waals surface area contributed by atoms with Crippen LogP contribution in [0.4, 0.5) is 0 Å². The SMILES string of the molecule is NC(CO)CC#CCCCO. The molecular weight excluding hydrogens is 142 g/mol.